The normalized spacial score (nSPS) is 10.6. The second-order valence-corrected chi connectivity index (χ2v) is 5.45. The van der Waals surface area contributed by atoms with Crippen LogP contribution in [0.5, 0.6) is 5.75 Å². The molecule has 0 atom stereocenters. The summed E-state index contributed by atoms with van der Waals surface area (Å²) >= 11 is 0. The van der Waals surface area contributed by atoms with E-state index < -0.39 is 11.9 Å². The number of hydrogen-bond acceptors (Lipinski definition) is 6. The van der Waals surface area contributed by atoms with Gasteiger partial charge in [-0.1, -0.05) is 12.1 Å². The lowest BCUT2D eigenvalue weighted by molar-refractivity contribution is 0.0525. The Balaban J connectivity index is 2.17. The maximum absolute atomic E-state index is 12.4. The first-order chi connectivity index (χ1) is 12.5. The highest BCUT2D eigenvalue weighted by molar-refractivity contribution is 5.99. The molecule has 7 nitrogen and oxygen atoms in total. The lowest BCUT2D eigenvalue weighted by Crippen LogP contribution is -2.21. The number of ether oxygens (including phenoxy) is 2. The van der Waals surface area contributed by atoms with Crippen LogP contribution in [0.2, 0.25) is 0 Å². The Bertz CT molecular complexity index is 847. The molecule has 0 aliphatic carbocycles. The maximum atomic E-state index is 12.4. The molecule has 26 heavy (non-hydrogen) atoms. The molecule has 0 spiro atoms. The molecule has 0 bridgehead atoms. The van der Waals surface area contributed by atoms with Crippen LogP contribution in [0.25, 0.3) is 0 Å². The second-order valence-electron chi connectivity index (χ2n) is 5.45. The molecule has 7 heteroatoms. The van der Waals surface area contributed by atoms with Gasteiger partial charge in [0.25, 0.3) is 5.91 Å². The number of carbonyl (C=O) groups is 2. The molecule has 1 heterocycles. The van der Waals surface area contributed by atoms with Crippen molar-refractivity contribution in [3.63, 3.8) is 0 Å². The highest BCUT2D eigenvalue weighted by Crippen LogP contribution is 2.14. The largest absolute Gasteiger partial charge is 0.497 e. The summed E-state index contributed by atoms with van der Waals surface area (Å²) in [4.78, 5) is 28.6. The van der Waals surface area contributed by atoms with Crippen molar-refractivity contribution in [3.05, 3.63) is 58.4 Å². The van der Waals surface area contributed by atoms with Gasteiger partial charge in [-0.15, -0.1) is 0 Å². The van der Waals surface area contributed by atoms with Crippen LogP contribution in [0.4, 0.5) is 0 Å². The Kier molecular flexibility index (Phi) is 6.43. The van der Waals surface area contributed by atoms with E-state index in [0.717, 1.165) is 5.56 Å². The van der Waals surface area contributed by atoms with Gasteiger partial charge in [0.2, 0.25) is 0 Å². The van der Waals surface area contributed by atoms with Crippen molar-refractivity contribution in [1.82, 2.24) is 10.4 Å². The predicted molar refractivity (Wildman–Crippen MR) is 97.7 cm³/mol. The average molecular weight is 355 g/mol. The monoisotopic (exact) mass is 355 g/mol. The fourth-order valence-electron chi connectivity index (χ4n) is 2.32. The number of hydrogen-bond donors (Lipinski definition) is 1. The van der Waals surface area contributed by atoms with Crippen LogP contribution in [0, 0.1) is 13.8 Å². The summed E-state index contributed by atoms with van der Waals surface area (Å²) in [6.45, 7) is 5.36. The number of esters is 1. The third-order valence-electron chi connectivity index (χ3n) is 3.62. The Morgan fingerprint density at radius 2 is 1.92 bits per heavy atom. The van der Waals surface area contributed by atoms with Gasteiger partial charge < -0.3 is 9.47 Å². The number of methoxy groups -OCH3 is 1. The number of carbonyl (C=O) groups excluding carboxylic acids is 2. The number of pyridine rings is 1. The van der Waals surface area contributed by atoms with Crippen LogP contribution in [-0.2, 0) is 4.74 Å². The SMILES string of the molecule is CCOC(=O)c1cc(C(=O)NN=Cc2cccc(OC)c2)c(C)nc1C. The van der Waals surface area contributed by atoms with E-state index in [1.165, 1.54) is 12.3 Å². The molecule has 136 valence electrons. The van der Waals surface area contributed by atoms with Gasteiger partial charge in [-0.05, 0) is 44.5 Å². The summed E-state index contributed by atoms with van der Waals surface area (Å²) in [5.74, 6) is -0.274. The molecule has 1 aromatic carbocycles. The summed E-state index contributed by atoms with van der Waals surface area (Å²) in [5, 5.41) is 3.94. The highest BCUT2D eigenvalue weighted by Gasteiger charge is 2.17. The van der Waals surface area contributed by atoms with Crippen molar-refractivity contribution in [3.8, 4) is 5.75 Å². The lowest BCUT2D eigenvalue weighted by atomic mass is 10.1. The van der Waals surface area contributed by atoms with E-state index in [0.29, 0.717) is 17.1 Å². The third kappa shape index (κ3) is 4.66. The van der Waals surface area contributed by atoms with Crippen molar-refractivity contribution < 1.29 is 19.1 Å². The first-order valence-corrected chi connectivity index (χ1v) is 8.09. The van der Waals surface area contributed by atoms with Gasteiger partial charge in [0, 0.05) is 0 Å². The van der Waals surface area contributed by atoms with Crippen molar-refractivity contribution in [1.29, 1.82) is 0 Å². The first-order valence-electron chi connectivity index (χ1n) is 8.09. The van der Waals surface area contributed by atoms with Crippen molar-refractivity contribution >= 4 is 18.1 Å². The van der Waals surface area contributed by atoms with Crippen molar-refractivity contribution in [2.75, 3.05) is 13.7 Å². The fraction of sp³-hybridized carbons (Fsp3) is 0.263. The zero-order valence-electron chi connectivity index (χ0n) is 15.2. The van der Waals surface area contributed by atoms with Gasteiger partial charge in [-0.25, -0.2) is 10.2 Å². The van der Waals surface area contributed by atoms with E-state index in [1.807, 2.05) is 18.2 Å². The molecule has 1 amide bonds. The van der Waals surface area contributed by atoms with Gasteiger partial charge in [0.15, 0.2) is 0 Å². The number of aromatic nitrogens is 1. The number of nitrogens with one attached hydrogen (secondary N) is 1. The van der Waals surface area contributed by atoms with Crippen LogP contribution < -0.4 is 10.2 Å². The Hall–Kier alpha value is -3.22. The topological polar surface area (TPSA) is 89.9 Å². The van der Waals surface area contributed by atoms with E-state index in [1.54, 1.807) is 33.9 Å². The number of amides is 1. The van der Waals surface area contributed by atoms with Gasteiger partial charge in [0.1, 0.15) is 5.75 Å². The van der Waals surface area contributed by atoms with Crippen LogP contribution >= 0.6 is 0 Å². The average Bonchev–Trinajstić information content (AvgIpc) is 2.62. The summed E-state index contributed by atoms with van der Waals surface area (Å²) in [5.41, 5.74) is 4.76. The molecular weight excluding hydrogens is 334 g/mol. The van der Waals surface area contributed by atoms with E-state index in [-0.39, 0.29) is 17.7 Å². The molecule has 0 fully saturated rings. The molecule has 0 saturated carbocycles. The van der Waals surface area contributed by atoms with Gasteiger partial charge >= 0.3 is 5.97 Å². The fourth-order valence-corrected chi connectivity index (χ4v) is 2.32. The van der Waals surface area contributed by atoms with E-state index in [4.69, 9.17) is 9.47 Å². The van der Waals surface area contributed by atoms with Gasteiger partial charge in [-0.2, -0.15) is 5.10 Å². The molecule has 0 saturated heterocycles. The zero-order chi connectivity index (χ0) is 19.1. The minimum absolute atomic E-state index is 0.249. The molecule has 2 rings (SSSR count). The molecule has 0 aliphatic rings. The van der Waals surface area contributed by atoms with E-state index in [2.05, 4.69) is 15.5 Å². The Labute approximate surface area is 152 Å². The van der Waals surface area contributed by atoms with E-state index in [9.17, 15) is 9.59 Å². The zero-order valence-corrected chi connectivity index (χ0v) is 15.2. The number of rotatable bonds is 6. The molecule has 0 unspecified atom stereocenters. The molecular formula is C19H21N3O4. The standard InChI is InChI=1S/C19H21N3O4/c1-5-26-19(24)17-10-16(12(2)21-13(17)3)18(23)22-20-11-14-7-6-8-15(9-14)25-4/h6-11H,5H2,1-4H3,(H,22,23). The molecule has 1 N–H and O–H groups in total. The minimum Gasteiger partial charge on any atom is -0.497 e. The molecule has 0 aliphatic heterocycles. The predicted octanol–water partition coefficient (Wildman–Crippen LogP) is 2.65. The van der Waals surface area contributed by atoms with Crippen LogP contribution in [0.3, 0.4) is 0 Å². The van der Waals surface area contributed by atoms with E-state index >= 15 is 0 Å². The Morgan fingerprint density at radius 3 is 2.62 bits per heavy atom. The van der Waals surface area contributed by atoms with Crippen LogP contribution in [0.15, 0.2) is 35.4 Å². The third-order valence-corrected chi connectivity index (χ3v) is 3.62. The summed E-state index contributed by atoms with van der Waals surface area (Å²) in [6, 6.07) is 8.73. The number of hydrazone groups is 1. The highest BCUT2D eigenvalue weighted by atomic mass is 16.5. The van der Waals surface area contributed by atoms with Gasteiger partial charge in [0.05, 0.1) is 42.4 Å². The quantitative estimate of drug-likeness (QED) is 0.489. The smallest absolute Gasteiger partial charge is 0.339 e. The first kappa shape index (κ1) is 19.1. The summed E-state index contributed by atoms with van der Waals surface area (Å²) < 4.78 is 10.1. The number of nitrogens with zero attached hydrogens (tertiary/aromatic N) is 2. The summed E-state index contributed by atoms with van der Waals surface area (Å²) in [7, 11) is 1.58. The molecule has 2 aromatic rings. The molecule has 0 radical (unpaired) electrons. The number of benzene rings is 1. The number of aryl methyl sites for hydroxylation is 2. The summed E-state index contributed by atoms with van der Waals surface area (Å²) in [6.07, 6.45) is 1.50. The van der Waals surface area contributed by atoms with Crippen molar-refractivity contribution in [2.45, 2.75) is 20.8 Å². The van der Waals surface area contributed by atoms with Gasteiger partial charge in [-0.3, -0.25) is 9.78 Å². The second kappa shape index (κ2) is 8.75. The minimum atomic E-state index is -0.508. The van der Waals surface area contributed by atoms with Crippen LogP contribution in [0.1, 0.15) is 44.6 Å². The Morgan fingerprint density at radius 1 is 1.19 bits per heavy atom. The lowest BCUT2D eigenvalue weighted by Gasteiger charge is -2.09. The molecule has 1 aromatic heterocycles. The maximum Gasteiger partial charge on any atom is 0.339 e. The van der Waals surface area contributed by atoms with Crippen molar-refractivity contribution in [2.24, 2.45) is 5.10 Å². The van der Waals surface area contributed by atoms with Crippen LogP contribution in [-0.4, -0.2) is 36.8 Å².